The molecule has 0 saturated heterocycles. The standard InChI is InChI=1S/C36H50ClNO3/c1-21(2)32-29(40)18-36(31(41)20-38-19-23-6-8-24(37)9-7-23)17-13-27-25(33(32)36)10-11-30-34(4)16-14-28(39)22(3)26(34)12-15-35(27,30)5/h6-9,21-22,25-28,30,38-39H,10-20H2,1-5H3. The molecule has 4 saturated carbocycles. The van der Waals surface area contributed by atoms with Gasteiger partial charge in [0, 0.05) is 18.0 Å². The summed E-state index contributed by atoms with van der Waals surface area (Å²) in [5.74, 6) is 3.05. The van der Waals surface area contributed by atoms with Crippen molar-refractivity contribution in [2.45, 2.75) is 105 Å². The number of Topliss-reactive ketones (excluding diaryl/α,β-unsaturated/α-hetero) is 2. The normalized spacial score (nSPS) is 42.0. The maximum Gasteiger partial charge on any atom is 0.160 e. The zero-order valence-electron chi connectivity index (χ0n) is 25.8. The highest BCUT2D eigenvalue weighted by molar-refractivity contribution is 6.30. The summed E-state index contributed by atoms with van der Waals surface area (Å²) in [5.41, 5.74) is 3.21. The smallest absolute Gasteiger partial charge is 0.160 e. The van der Waals surface area contributed by atoms with Gasteiger partial charge in [-0.05, 0) is 127 Å². The fourth-order valence-corrected chi connectivity index (χ4v) is 11.5. The molecule has 4 fully saturated rings. The van der Waals surface area contributed by atoms with E-state index >= 15 is 0 Å². The number of allylic oxidation sites excluding steroid dienone is 2. The van der Waals surface area contributed by atoms with Crippen LogP contribution < -0.4 is 5.32 Å². The van der Waals surface area contributed by atoms with E-state index in [0.717, 1.165) is 43.2 Å². The molecule has 0 spiro atoms. The predicted octanol–water partition coefficient (Wildman–Crippen LogP) is 7.56. The van der Waals surface area contributed by atoms with Gasteiger partial charge in [-0.1, -0.05) is 58.4 Å². The molecule has 5 aliphatic rings. The van der Waals surface area contributed by atoms with Crippen molar-refractivity contribution in [3.8, 4) is 0 Å². The largest absolute Gasteiger partial charge is 0.393 e. The highest BCUT2D eigenvalue weighted by Gasteiger charge is 2.65. The molecule has 0 bridgehead atoms. The van der Waals surface area contributed by atoms with E-state index in [9.17, 15) is 14.7 Å². The molecule has 1 aromatic rings. The number of aliphatic hydroxyl groups is 1. The number of benzene rings is 1. The van der Waals surface area contributed by atoms with Crippen LogP contribution >= 0.6 is 11.6 Å². The lowest BCUT2D eigenvalue weighted by atomic mass is 9.38. The first-order valence-electron chi connectivity index (χ1n) is 16.4. The second-order valence-electron chi connectivity index (χ2n) is 15.3. The van der Waals surface area contributed by atoms with E-state index in [4.69, 9.17) is 11.6 Å². The fourth-order valence-electron chi connectivity index (χ4n) is 11.3. The molecule has 5 aliphatic carbocycles. The third-order valence-corrected chi connectivity index (χ3v) is 13.5. The zero-order valence-corrected chi connectivity index (χ0v) is 26.5. The number of rotatable bonds is 6. The summed E-state index contributed by atoms with van der Waals surface area (Å²) in [7, 11) is 0. The lowest BCUT2D eigenvalue weighted by Gasteiger charge is -2.67. The van der Waals surface area contributed by atoms with Crippen molar-refractivity contribution in [1.29, 1.82) is 0 Å². The molecule has 0 aromatic heterocycles. The molecule has 6 rings (SSSR count). The molecule has 5 heteroatoms. The van der Waals surface area contributed by atoms with Crippen LogP contribution in [0.15, 0.2) is 35.4 Å². The summed E-state index contributed by atoms with van der Waals surface area (Å²) in [6.45, 7) is 12.6. The molecule has 41 heavy (non-hydrogen) atoms. The summed E-state index contributed by atoms with van der Waals surface area (Å²) < 4.78 is 0. The molecule has 4 nitrogen and oxygen atoms in total. The molecule has 1 aromatic carbocycles. The summed E-state index contributed by atoms with van der Waals surface area (Å²) >= 11 is 6.05. The van der Waals surface area contributed by atoms with Gasteiger partial charge in [0.1, 0.15) is 0 Å². The molecule has 0 heterocycles. The Morgan fingerprint density at radius 2 is 1.66 bits per heavy atom. The van der Waals surface area contributed by atoms with Crippen molar-refractivity contribution >= 4 is 23.2 Å². The number of aliphatic hydroxyl groups excluding tert-OH is 1. The third-order valence-electron chi connectivity index (χ3n) is 13.2. The molecule has 0 amide bonds. The van der Waals surface area contributed by atoms with Crippen LogP contribution in [-0.2, 0) is 16.1 Å². The van der Waals surface area contributed by atoms with Gasteiger partial charge in [0.05, 0.1) is 18.1 Å². The Kier molecular flexibility index (Phi) is 7.64. The first kappa shape index (κ1) is 29.6. The van der Waals surface area contributed by atoms with E-state index in [1.165, 1.54) is 24.8 Å². The van der Waals surface area contributed by atoms with Crippen LogP contribution in [0.1, 0.15) is 98.0 Å². The van der Waals surface area contributed by atoms with Gasteiger partial charge in [-0.2, -0.15) is 0 Å². The average molecular weight is 580 g/mol. The predicted molar refractivity (Wildman–Crippen MR) is 164 cm³/mol. The molecule has 2 N–H and O–H groups in total. The van der Waals surface area contributed by atoms with E-state index in [1.54, 1.807) is 0 Å². The van der Waals surface area contributed by atoms with E-state index < -0.39 is 5.41 Å². The Morgan fingerprint density at radius 3 is 2.37 bits per heavy atom. The van der Waals surface area contributed by atoms with E-state index in [1.807, 2.05) is 24.3 Å². The Morgan fingerprint density at radius 1 is 1.00 bits per heavy atom. The second kappa shape index (κ2) is 10.6. The van der Waals surface area contributed by atoms with Crippen LogP contribution in [0, 0.1) is 51.8 Å². The molecule has 0 radical (unpaired) electrons. The Bertz CT molecular complexity index is 1240. The van der Waals surface area contributed by atoms with E-state index in [2.05, 4.69) is 39.9 Å². The molecular formula is C36H50ClNO3. The Balaban J connectivity index is 1.29. The van der Waals surface area contributed by atoms with Crippen molar-refractivity contribution in [1.82, 2.24) is 5.32 Å². The van der Waals surface area contributed by atoms with E-state index in [-0.39, 0.29) is 34.4 Å². The van der Waals surface area contributed by atoms with Gasteiger partial charge in [0.25, 0.3) is 0 Å². The van der Waals surface area contributed by atoms with Gasteiger partial charge >= 0.3 is 0 Å². The number of carbonyl (C=O) groups excluding carboxylic acids is 2. The second-order valence-corrected chi connectivity index (χ2v) is 15.8. The SMILES string of the molecule is CC(C)C1=C2C3CCC4C(C)(CCC5C(C)C(O)CCC54C)C3CCC2(C(=O)CNCc2ccc(Cl)cc2)CC1=O. The van der Waals surface area contributed by atoms with Gasteiger partial charge in [0.2, 0.25) is 0 Å². The van der Waals surface area contributed by atoms with Gasteiger partial charge < -0.3 is 10.4 Å². The molecule has 0 aliphatic heterocycles. The third kappa shape index (κ3) is 4.52. The van der Waals surface area contributed by atoms with Gasteiger partial charge in [0.15, 0.2) is 11.6 Å². The highest BCUT2D eigenvalue weighted by atomic mass is 35.5. The van der Waals surface area contributed by atoms with E-state index in [0.29, 0.717) is 54.1 Å². The molecule has 9 atom stereocenters. The Labute approximate surface area is 252 Å². The molecule has 9 unspecified atom stereocenters. The minimum atomic E-state index is -0.626. The number of halogens is 1. The maximum atomic E-state index is 14.2. The Hall–Kier alpha value is -1.49. The molecule has 224 valence electrons. The van der Waals surface area contributed by atoms with Crippen LogP contribution in [0.4, 0.5) is 0 Å². The van der Waals surface area contributed by atoms with Crippen LogP contribution in [0.3, 0.4) is 0 Å². The monoisotopic (exact) mass is 579 g/mol. The quantitative estimate of drug-likeness (QED) is 0.365. The number of carbonyl (C=O) groups is 2. The maximum absolute atomic E-state index is 14.2. The lowest BCUT2D eigenvalue weighted by molar-refractivity contribution is -0.179. The van der Waals surface area contributed by atoms with Crippen molar-refractivity contribution in [3.63, 3.8) is 0 Å². The van der Waals surface area contributed by atoms with Crippen molar-refractivity contribution < 1.29 is 14.7 Å². The fraction of sp³-hybridized carbons (Fsp3) is 0.722. The molecular weight excluding hydrogens is 530 g/mol. The summed E-state index contributed by atoms with van der Waals surface area (Å²) in [5, 5.41) is 14.8. The first-order valence-corrected chi connectivity index (χ1v) is 16.7. The summed E-state index contributed by atoms with van der Waals surface area (Å²) in [6.07, 6.45) is 8.78. The number of hydrogen-bond acceptors (Lipinski definition) is 4. The summed E-state index contributed by atoms with van der Waals surface area (Å²) in [4.78, 5) is 27.9. The number of ketones is 2. The minimum absolute atomic E-state index is 0.146. The topological polar surface area (TPSA) is 66.4 Å². The van der Waals surface area contributed by atoms with Crippen LogP contribution in [0.5, 0.6) is 0 Å². The van der Waals surface area contributed by atoms with Crippen LogP contribution in [0.25, 0.3) is 0 Å². The lowest BCUT2D eigenvalue weighted by Crippen LogP contribution is -2.60. The van der Waals surface area contributed by atoms with Gasteiger partial charge in [-0.15, -0.1) is 0 Å². The zero-order chi connectivity index (χ0) is 29.3. The van der Waals surface area contributed by atoms with Crippen LogP contribution in [-0.4, -0.2) is 29.3 Å². The van der Waals surface area contributed by atoms with Gasteiger partial charge in [-0.3, -0.25) is 9.59 Å². The van der Waals surface area contributed by atoms with Gasteiger partial charge in [-0.25, -0.2) is 0 Å². The minimum Gasteiger partial charge on any atom is -0.393 e. The number of nitrogens with one attached hydrogen (secondary N) is 1. The van der Waals surface area contributed by atoms with Crippen LogP contribution in [0.2, 0.25) is 5.02 Å². The highest BCUT2D eigenvalue weighted by Crippen LogP contribution is 2.71. The number of fused-ring (bicyclic) bond motifs is 7. The van der Waals surface area contributed by atoms with Crippen molar-refractivity contribution in [2.75, 3.05) is 6.54 Å². The number of hydrogen-bond donors (Lipinski definition) is 2. The van der Waals surface area contributed by atoms with Crippen molar-refractivity contribution in [3.05, 3.63) is 46.0 Å². The first-order chi connectivity index (χ1) is 19.4. The average Bonchev–Trinajstić information content (AvgIpc) is 3.25. The van der Waals surface area contributed by atoms with Crippen molar-refractivity contribution in [2.24, 2.45) is 51.8 Å². The summed E-state index contributed by atoms with van der Waals surface area (Å²) in [6, 6.07) is 7.75.